The van der Waals surface area contributed by atoms with E-state index in [-0.39, 0.29) is 0 Å². The highest BCUT2D eigenvalue weighted by molar-refractivity contribution is 6.00. The van der Waals surface area contributed by atoms with E-state index in [0.717, 1.165) is 52.8 Å². The van der Waals surface area contributed by atoms with E-state index in [2.05, 4.69) is 48.1 Å². The van der Waals surface area contributed by atoms with E-state index in [4.69, 9.17) is 5.10 Å². The largest absolute Gasteiger partial charge is 0.345 e. The Morgan fingerprint density at radius 1 is 0.962 bits per heavy atom. The number of aryl methyl sites for hydroxylation is 1. The number of benzene rings is 1. The Balaban J connectivity index is 1.56. The topological polar surface area (TPSA) is 77.0 Å². The second kappa shape index (κ2) is 5.00. The van der Waals surface area contributed by atoms with Crippen molar-refractivity contribution in [3.05, 3.63) is 41.7 Å². The Morgan fingerprint density at radius 2 is 1.81 bits per heavy atom. The second-order valence-electron chi connectivity index (χ2n) is 7.17. The molecule has 0 bridgehead atoms. The third kappa shape index (κ3) is 1.92. The first-order chi connectivity index (χ1) is 12.8. The van der Waals surface area contributed by atoms with Crippen LogP contribution in [0.5, 0.6) is 0 Å². The molecule has 0 saturated heterocycles. The molecule has 4 aromatic rings. The molecular weight excluding hydrogens is 328 g/mol. The Morgan fingerprint density at radius 3 is 2.65 bits per heavy atom. The molecule has 0 unspecified atom stereocenters. The van der Waals surface area contributed by atoms with Gasteiger partial charge in [0.2, 0.25) is 0 Å². The summed E-state index contributed by atoms with van der Waals surface area (Å²) >= 11 is 0. The van der Waals surface area contributed by atoms with Crippen molar-refractivity contribution in [1.82, 2.24) is 34.6 Å². The number of aromatic nitrogens is 7. The molecule has 1 aliphatic heterocycles. The summed E-state index contributed by atoms with van der Waals surface area (Å²) in [5, 5.41) is 24.6. The van der Waals surface area contributed by atoms with Crippen molar-refractivity contribution in [3.8, 4) is 0 Å². The number of hydrogen-bond donors (Lipinski definition) is 0. The molecule has 1 saturated carbocycles. The molecular formula is C18H18N8. The minimum atomic E-state index is 0.499. The molecule has 8 heteroatoms. The Kier molecular flexibility index (Phi) is 2.72. The molecule has 0 spiro atoms. The van der Waals surface area contributed by atoms with Gasteiger partial charge in [0, 0.05) is 29.8 Å². The maximum absolute atomic E-state index is 4.99. The van der Waals surface area contributed by atoms with E-state index < -0.39 is 0 Å². The van der Waals surface area contributed by atoms with Crippen molar-refractivity contribution in [1.29, 1.82) is 0 Å². The van der Waals surface area contributed by atoms with E-state index in [1.807, 2.05) is 17.5 Å². The van der Waals surface area contributed by atoms with Crippen LogP contribution in [0, 0.1) is 6.92 Å². The maximum Gasteiger partial charge on any atom is 0.185 e. The number of hydrogen-bond acceptors (Lipinski definition) is 6. The molecule has 1 aliphatic carbocycles. The van der Waals surface area contributed by atoms with Gasteiger partial charge in [0.05, 0.1) is 6.54 Å². The van der Waals surface area contributed by atoms with Gasteiger partial charge in [-0.25, -0.2) is 0 Å². The summed E-state index contributed by atoms with van der Waals surface area (Å²) in [6.45, 7) is 4.48. The average molecular weight is 346 g/mol. The SMILES string of the molecule is Cc1nnc2n1CCN(c1nn3c(C4CC4)nnc3c3ccccc13)C2. The summed E-state index contributed by atoms with van der Waals surface area (Å²) < 4.78 is 4.14. The molecule has 1 fully saturated rings. The number of anilines is 1. The van der Waals surface area contributed by atoms with Crippen LogP contribution in [0.3, 0.4) is 0 Å². The van der Waals surface area contributed by atoms with Gasteiger partial charge in [-0.1, -0.05) is 24.3 Å². The fraction of sp³-hybridized carbons (Fsp3) is 0.389. The molecule has 0 radical (unpaired) electrons. The highest BCUT2D eigenvalue weighted by Crippen LogP contribution is 2.40. The summed E-state index contributed by atoms with van der Waals surface area (Å²) in [6.07, 6.45) is 2.35. The summed E-state index contributed by atoms with van der Waals surface area (Å²) in [5.74, 6) is 4.43. The molecule has 0 amide bonds. The monoisotopic (exact) mass is 346 g/mol. The minimum Gasteiger partial charge on any atom is -0.345 e. The van der Waals surface area contributed by atoms with Crippen molar-refractivity contribution in [2.45, 2.75) is 38.8 Å². The van der Waals surface area contributed by atoms with Crippen LogP contribution in [0.25, 0.3) is 16.4 Å². The van der Waals surface area contributed by atoms with Gasteiger partial charge in [-0.2, -0.15) is 4.52 Å². The molecule has 26 heavy (non-hydrogen) atoms. The van der Waals surface area contributed by atoms with E-state index in [0.29, 0.717) is 12.5 Å². The zero-order valence-corrected chi connectivity index (χ0v) is 14.5. The lowest BCUT2D eigenvalue weighted by atomic mass is 10.1. The Labute approximate surface area is 149 Å². The molecule has 1 aromatic carbocycles. The van der Waals surface area contributed by atoms with Crippen molar-refractivity contribution in [2.75, 3.05) is 11.4 Å². The molecule has 4 heterocycles. The van der Waals surface area contributed by atoms with Gasteiger partial charge in [0.1, 0.15) is 5.82 Å². The number of rotatable bonds is 2. The third-order valence-electron chi connectivity index (χ3n) is 5.45. The normalized spacial score (nSPS) is 17.2. The van der Waals surface area contributed by atoms with Gasteiger partial charge in [-0.3, -0.25) is 0 Å². The van der Waals surface area contributed by atoms with Gasteiger partial charge in [0.25, 0.3) is 0 Å². The zero-order valence-electron chi connectivity index (χ0n) is 14.5. The lowest BCUT2D eigenvalue weighted by molar-refractivity contribution is 0.545. The Bertz CT molecular complexity index is 1150. The van der Waals surface area contributed by atoms with Gasteiger partial charge in [-0.15, -0.1) is 25.5 Å². The van der Waals surface area contributed by atoms with E-state index in [1.54, 1.807) is 0 Å². The van der Waals surface area contributed by atoms with Crippen molar-refractivity contribution in [2.24, 2.45) is 0 Å². The molecule has 8 nitrogen and oxygen atoms in total. The predicted molar refractivity (Wildman–Crippen MR) is 96.1 cm³/mol. The standard InChI is InChI=1S/C18H18N8/c1-11-19-20-15-10-24(8-9-25(11)15)18-14-5-3-2-4-13(14)17-22-21-16(12-6-7-12)26(17)23-18/h2-5,12H,6-10H2,1H3. The van der Waals surface area contributed by atoms with Crippen LogP contribution in [0.2, 0.25) is 0 Å². The average Bonchev–Trinajstić information content (AvgIpc) is 3.33. The smallest absolute Gasteiger partial charge is 0.185 e. The summed E-state index contributed by atoms with van der Waals surface area (Å²) in [7, 11) is 0. The van der Waals surface area contributed by atoms with E-state index >= 15 is 0 Å². The molecule has 130 valence electrons. The summed E-state index contributed by atoms with van der Waals surface area (Å²) in [4.78, 5) is 2.29. The fourth-order valence-corrected chi connectivity index (χ4v) is 3.89. The zero-order chi connectivity index (χ0) is 17.3. The molecule has 2 aliphatic rings. The van der Waals surface area contributed by atoms with Crippen LogP contribution in [-0.2, 0) is 13.1 Å². The van der Waals surface area contributed by atoms with Crippen LogP contribution < -0.4 is 4.90 Å². The highest BCUT2D eigenvalue weighted by atomic mass is 15.4. The van der Waals surface area contributed by atoms with Crippen LogP contribution in [-0.4, -0.2) is 41.1 Å². The lowest BCUT2D eigenvalue weighted by Gasteiger charge is -2.29. The van der Waals surface area contributed by atoms with Crippen molar-refractivity contribution < 1.29 is 0 Å². The van der Waals surface area contributed by atoms with Gasteiger partial charge < -0.3 is 9.47 Å². The molecule has 3 aromatic heterocycles. The Hall–Kier alpha value is -3.03. The maximum atomic E-state index is 4.99. The quantitative estimate of drug-likeness (QED) is 0.553. The number of nitrogens with zero attached hydrogens (tertiary/aromatic N) is 8. The van der Waals surface area contributed by atoms with Gasteiger partial charge in [0.15, 0.2) is 23.1 Å². The van der Waals surface area contributed by atoms with Crippen LogP contribution in [0.15, 0.2) is 24.3 Å². The predicted octanol–water partition coefficient (Wildman–Crippen LogP) is 2.08. The third-order valence-corrected chi connectivity index (χ3v) is 5.45. The fourth-order valence-electron chi connectivity index (χ4n) is 3.89. The molecule has 6 rings (SSSR count). The van der Waals surface area contributed by atoms with E-state index in [9.17, 15) is 0 Å². The highest BCUT2D eigenvalue weighted by Gasteiger charge is 2.31. The van der Waals surface area contributed by atoms with Crippen LogP contribution in [0.4, 0.5) is 5.82 Å². The van der Waals surface area contributed by atoms with Crippen molar-refractivity contribution >= 4 is 22.2 Å². The summed E-state index contributed by atoms with van der Waals surface area (Å²) in [6, 6.07) is 8.33. The first-order valence-electron chi connectivity index (χ1n) is 9.07. The first kappa shape index (κ1) is 14.2. The summed E-state index contributed by atoms with van der Waals surface area (Å²) in [5.41, 5.74) is 0.849. The molecule has 0 N–H and O–H groups in total. The second-order valence-corrected chi connectivity index (χ2v) is 7.17. The van der Waals surface area contributed by atoms with Crippen LogP contribution >= 0.6 is 0 Å². The van der Waals surface area contributed by atoms with Gasteiger partial charge >= 0.3 is 0 Å². The van der Waals surface area contributed by atoms with E-state index in [1.165, 1.54) is 12.8 Å². The van der Waals surface area contributed by atoms with Crippen molar-refractivity contribution in [3.63, 3.8) is 0 Å². The van der Waals surface area contributed by atoms with Gasteiger partial charge in [-0.05, 0) is 19.8 Å². The first-order valence-corrected chi connectivity index (χ1v) is 9.07. The minimum absolute atomic E-state index is 0.499. The van der Waals surface area contributed by atoms with Crippen LogP contribution in [0.1, 0.15) is 36.2 Å². The lowest BCUT2D eigenvalue weighted by Crippen LogP contribution is -2.35. The number of fused-ring (bicyclic) bond motifs is 4. The molecule has 0 atom stereocenters.